The van der Waals surface area contributed by atoms with Gasteiger partial charge in [-0.1, -0.05) is 31.9 Å². The van der Waals surface area contributed by atoms with Crippen LogP contribution in [0.5, 0.6) is 0 Å². The van der Waals surface area contributed by atoms with Gasteiger partial charge in [-0.05, 0) is 43.4 Å². The van der Waals surface area contributed by atoms with Gasteiger partial charge in [0.05, 0.1) is 11.1 Å². The minimum Gasteiger partial charge on any atom is -0.325 e. The van der Waals surface area contributed by atoms with Crippen molar-refractivity contribution in [2.24, 2.45) is 11.7 Å². The van der Waals surface area contributed by atoms with Gasteiger partial charge in [-0.2, -0.15) is 0 Å². The molecule has 0 bridgehead atoms. The molecule has 26 heavy (non-hydrogen) atoms. The molecule has 2 aromatic rings. The lowest BCUT2D eigenvalue weighted by molar-refractivity contribution is -0.117. The lowest BCUT2D eigenvalue weighted by atomic mass is 10.0. The van der Waals surface area contributed by atoms with Crippen molar-refractivity contribution in [3.05, 3.63) is 29.0 Å². The lowest BCUT2D eigenvalue weighted by Crippen LogP contribution is -2.36. The predicted molar refractivity (Wildman–Crippen MR) is 104 cm³/mol. The van der Waals surface area contributed by atoms with E-state index in [4.69, 9.17) is 17.3 Å². The first-order valence-corrected chi connectivity index (χ1v) is 9.62. The van der Waals surface area contributed by atoms with Crippen molar-refractivity contribution in [3.63, 3.8) is 0 Å². The maximum atomic E-state index is 12.3. The third kappa shape index (κ3) is 4.24. The molecule has 0 aliphatic carbocycles. The zero-order chi connectivity index (χ0) is 18.7. The summed E-state index contributed by atoms with van der Waals surface area (Å²) in [6.45, 7) is 4.99. The van der Waals surface area contributed by atoms with Crippen molar-refractivity contribution in [1.82, 2.24) is 14.8 Å². The van der Waals surface area contributed by atoms with Crippen LogP contribution in [0.25, 0.3) is 11.4 Å². The summed E-state index contributed by atoms with van der Waals surface area (Å²) in [5, 5.41) is 12.2. The molecule has 0 unspecified atom stereocenters. The van der Waals surface area contributed by atoms with Gasteiger partial charge in [-0.15, -0.1) is 10.2 Å². The van der Waals surface area contributed by atoms with E-state index < -0.39 is 6.04 Å². The topological polar surface area (TPSA) is 85.8 Å². The average Bonchev–Trinajstić information content (AvgIpc) is 2.84. The highest BCUT2D eigenvalue weighted by Gasteiger charge is 2.20. The number of carbonyl (C=O) groups is 1. The number of nitrogens with zero attached hydrogens (tertiary/aromatic N) is 3. The van der Waals surface area contributed by atoms with E-state index in [1.807, 2.05) is 19.9 Å². The Morgan fingerprint density at radius 3 is 2.88 bits per heavy atom. The first-order chi connectivity index (χ1) is 12.5. The Morgan fingerprint density at radius 1 is 1.31 bits per heavy atom. The molecule has 140 valence electrons. The fourth-order valence-electron chi connectivity index (χ4n) is 3.31. The first-order valence-electron chi connectivity index (χ1n) is 9.24. The second-order valence-corrected chi connectivity index (χ2v) is 7.73. The zero-order valence-corrected chi connectivity index (χ0v) is 16.1. The second kappa shape index (κ2) is 8.18. The summed E-state index contributed by atoms with van der Waals surface area (Å²) >= 11 is 6.42. The molecule has 0 spiro atoms. The van der Waals surface area contributed by atoms with E-state index in [0.29, 0.717) is 23.0 Å². The summed E-state index contributed by atoms with van der Waals surface area (Å²) in [5.74, 6) is 1.94. The van der Waals surface area contributed by atoms with E-state index in [1.54, 1.807) is 12.1 Å². The largest absolute Gasteiger partial charge is 0.325 e. The number of fused-ring (bicyclic) bond motifs is 1. The maximum Gasteiger partial charge on any atom is 0.241 e. The molecule has 1 amide bonds. The third-order valence-electron chi connectivity index (χ3n) is 4.65. The Bertz CT molecular complexity index is 786. The highest BCUT2D eigenvalue weighted by Crippen LogP contribution is 2.31. The van der Waals surface area contributed by atoms with Crippen molar-refractivity contribution < 1.29 is 4.79 Å². The van der Waals surface area contributed by atoms with Gasteiger partial charge in [0.15, 0.2) is 5.82 Å². The van der Waals surface area contributed by atoms with Crippen molar-refractivity contribution >= 4 is 23.2 Å². The molecule has 1 atom stereocenters. The maximum absolute atomic E-state index is 12.3. The summed E-state index contributed by atoms with van der Waals surface area (Å²) in [6.07, 6.45) is 5.02. The van der Waals surface area contributed by atoms with Crippen molar-refractivity contribution in [2.75, 3.05) is 5.32 Å². The number of amides is 1. The molecule has 1 aliphatic rings. The number of rotatable bonds is 5. The van der Waals surface area contributed by atoms with Gasteiger partial charge in [0, 0.05) is 24.2 Å². The van der Waals surface area contributed by atoms with Crippen LogP contribution in [0.1, 0.15) is 45.4 Å². The van der Waals surface area contributed by atoms with Gasteiger partial charge in [-0.25, -0.2) is 0 Å². The van der Waals surface area contributed by atoms with Crippen LogP contribution < -0.4 is 11.1 Å². The molecule has 0 saturated carbocycles. The number of nitrogens with one attached hydrogen (secondary N) is 1. The molecule has 3 rings (SSSR count). The van der Waals surface area contributed by atoms with Gasteiger partial charge < -0.3 is 15.6 Å². The van der Waals surface area contributed by atoms with Crippen molar-refractivity contribution in [2.45, 2.75) is 58.5 Å². The van der Waals surface area contributed by atoms with Crippen LogP contribution in [0.2, 0.25) is 5.02 Å². The monoisotopic (exact) mass is 375 g/mol. The van der Waals surface area contributed by atoms with Crippen LogP contribution in [0, 0.1) is 5.92 Å². The number of aryl methyl sites for hydroxylation is 1. The van der Waals surface area contributed by atoms with Gasteiger partial charge in [0.2, 0.25) is 5.91 Å². The number of carbonyl (C=O) groups excluding carboxylic acids is 1. The van der Waals surface area contributed by atoms with Gasteiger partial charge in [-0.3, -0.25) is 4.79 Å². The van der Waals surface area contributed by atoms with E-state index >= 15 is 0 Å². The van der Waals surface area contributed by atoms with Crippen LogP contribution in [-0.4, -0.2) is 26.7 Å². The SMILES string of the molecule is CC(C)C[C@H](N)C(=O)Nc1ccc(Cl)c(-c2nnc3n2CCCCC3)c1. The normalized spacial score (nSPS) is 15.4. The molecule has 0 saturated heterocycles. The molecular weight excluding hydrogens is 350 g/mol. The standard InChI is InChI=1S/C19H26ClN5O/c1-12(2)10-16(21)19(26)22-13-7-8-15(20)14(11-13)18-24-23-17-6-4-3-5-9-25(17)18/h7-8,11-12,16H,3-6,9-10,21H2,1-2H3,(H,22,26)/t16-/m0/s1. The Labute approximate surface area is 159 Å². The van der Waals surface area contributed by atoms with Crippen molar-refractivity contribution in [3.8, 4) is 11.4 Å². The molecule has 3 N–H and O–H groups in total. The number of nitrogens with two attached hydrogens (primary N) is 1. The fourth-order valence-corrected chi connectivity index (χ4v) is 3.51. The van der Waals surface area contributed by atoms with Gasteiger partial charge >= 0.3 is 0 Å². The fraction of sp³-hybridized carbons (Fsp3) is 0.526. The van der Waals surface area contributed by atoms with Crippen LogP contribution >= 0.6 is 11.6 Å². The number of halogens is 1. The molecule has 0 radical (unpaired) electrons. The summed E-state index contributed by atoms with van der Waals surface area (Å²) in [6, 6.07) is 4.88. The third-order valence-corrected chi connectivity index (χ3v) is 4.98. The highest BCUT2D eigenvalue weighted by molar-refractivity contribution is 6.33. The minimum atomic E-state index is -0.529. The smallest absolute Gasteiger partial charge is 0.241 e. The molecule has 0 fully saturated rings. The first kappa shape index (κ1) is 18.9. The zero-order valence-electron chi connectivity index (χ0n) is 15.3. The molecule has 1 aromatic carbocycles. The Balaban J connectivity index is 1.85. The van der Waals surface area contributed by atoms with Gasteiger partial charge in [0.25, 0.3) is 0 Å². The van der Waals surface area contributed by atoms with Crippen LogP contribution in [0.15, 0.2) is 18.2 Å². The van der Waals surface area contributed by atoms with E-state index in [0.717, 1.165) is 43.0 Å². The number of anilines is 1. The lowest BCUT2D eigenvalue weighted by Gasteiger charge is -2.15. The summed E-state index contributed by atoms with van der Waals surface area (Å²) < 4.78 is 2.14. The molecule has 1 aromatic heterocycles. The molecule has 6 nitrogen and oxygen atoms in total. The van der Waals surface area contributed by atoms with Crippen molar-refractivity contribution in [1.29, 1.82) is 0 Å². The molecule has 2 heterocycles. The van der Waals surface area contributed by atoms with E-state index in [2.05, 4.69) is 20.1 Å². The van der Waals surface area contributed by atoms with Crippen LogP contribution in [-0.2, 0) is 17.8 Å². The summed E-state index contributed by atoms with van der Waals surface area (Å²) in [4.78, 5) is 12.3. The number of aromatic nitrogens is 3. The second-order valence-electron chi connectivity index (χ2n) is 7.32. The van der Waals surface area contributed by atoms with E-state index in [9.17, 15) is 4.79 Å². The van der Waals surface area contributed by atoms with E-state index in [-0.39, 0.29) is 5.91 Å². The average molecular weight is 376 g/mol. The summed E-state index contributed by atoms with van der Waals surface area (Å²) in [5.41, 5.74) is 7.42. The Morgan fingerprint density at radius 2 is 2.12 bits per heavy atom. The number of benzene rings is 1. The molecule has 1 aliphatic heterocycles. The summed E-state index contributed by atoms with van der Waals surface area (Å²) in [7, 11) is 0. The number of hydrogen-bond acceptors (Lipinski definition) is 4. The number of hydrogen-bond donors (Lipinski definition) is 2. The minimum absolute atomic E-state index is 0.188. The highest BCUT2D eigenvalue weighted by atomic mass is 35.5. The predicted octanol–water partition coefficient (Wildman–Crippen LogP) is 3.64. The molecular formula is C19H26ClN5O. The van der Waals surface area contributed by atoms with E-state index in [1.165, 1.54) is 6.42 Å². The van der Waals surface area contributed by atoms with Crippen LogP contribution in [0.3, 0.4) is 0 Å². The van der Waals surface area contributed by atoms with Gasteiger partial charge in [0.1, 0.15) is 5.82 Å². The molecule has 7 heteroatoms. The van der Waals surface area contributed by atoms with Crippen LogP contribution in [0.4, 0.5) is 5.69 Å². The quantitative estimate of drug-likeness (QED) is 0.835. The Kier molecular flexibility index (Phi) is 5.94. The Hall–Kier alpha value is -1.92.